The van der Waals surface area contributed by atoms with Crippen LogP contribution in [0.1, 0.15) is 51.9 Å². The van der Waals surface area contributed by atoms with Gasteiger partial charge in [0.15, 0.2) is 0 Å². The maximum Gasteiger partial charge on any atom is 0.315 e. The van der Waals surface area contributed by atoms with E-state index in [1.165, 1.54) is 26.4 Å². The molecule has 0 aliphatic heterocycles. The minimum atomic E-state index is -0.787. The van der Waals surface area contributed by atoms with Crippen molar-refractivity contribution in [2.45, 2.75) is 57.5 Å². The SMILES string of the molecule is COC(=O)[C@]12CCC[C@@]1(O)[C@H]1CCCC[C@@H]1[C@H]2C. The maximum absolute atomic E-state index is 12.4. The Balaban J connectivity index is 2.07. The molecule has 3 fully saturated rings. The van der Waals surface area contributed by atoms with Gasteiger partial charge in [0.05, 0.1) is 18.1 Å². The minimum Gasteiger partial charge on any atom is -0.468 e. The molecule has 3 saturated carbocycles. The normalized spacial score (nSPS) is 50.7. The highest BCUT2D eigenvalue weighted by atomic mass is 16.5. The van der Waals surface area contributed by atoms with Crippen LogP contribution in [-0.2, 0) is 9.53 Å². The van der Waals surface area contributed by atoms with E-state index in [1.807, 2.05) is 0 Å². The number of fused-ring (bicyclic) bond motifs is 3. The number of rotatable bonds is 1. The van der Waals surface area contributed by atoms with Crippen LogP contribution < -0.4 is 0 Å². The van der Waals surface area contributed by atoms with Gasteiger partial charge >= 0.3 is 5.97 Å². The van der Waals surface area contributed by atoms with Gasteiger partial charge in [-0.05, 0) is 49.9 Å². The Labute approximate surface area is 109 Å². The van der Waals surface area contributed by atoms with Gasteiger partial charge in [-0.1, -0.05) is 19.8 Å². The molecule has 3 aliphatic carbocycles. The molecule has 3 rings (SSSR count). The zero-order valence-corrected chi connectivity index (χ0v) is 11.4. The molecule has 0 bridgehead atoms. The maximum atomic E-state index is 12.4. The fourth-order valence-electron chi connectivity index (χ4n) is 5.58. The number of hydrogen-bond acceptors (Lipinski definition) is 3. The van der Waals surface area contributed by atoms with Crippen molar-refractivity contribution in [1.29, 1.82) is 0 Å². The van der Waals surface area contributed by atoms with Crippen molar-refractivity contribution < 1.29 is 14.6 Å². The van der Waals surface area contributed by atoms with Gasteiger partial charge in [-0.3, -0.25) is 4.79 Å². The Morgan fingerprint density at radius 3 is 2.67 bits per heavy atom. The third-order valence-electron chi connectivity index (χ3n) is 6.30. The van der Waals surface area contributed by atoms with E-state index in [9.17, 15) is 9.90 Å². The van der Waals surface area contributed by atoms with Gasteiger partial charge < -0.3 is 9.84 Å². The second kappa shape index (κ2) is 3.96. The average Bonchev–Trinajstić information content (AvgIpc) is 2.84. The first-order chi connectivity index (χ1) is 8.58. The first kappa shape index (κ1) is 12.5. The Kier molecular flexibility index (Phi) is 2.74. The Morgan fingerprint density at radius 1 is 1.22 bits per heavy atom. The van der Waals surface area contributed by atoms with Crippen molar-refractivity contribution in [3.05, 3.63) is 0 Å². The molecule has 0 unspecified atom stereocenters. The number of esters is 1. The summed E-state index contributed by atoms with van der Waals surface area (Å²) in [6.07, 6.45) is 7.26. The van der Waals surface area contributed by atoms with Gasteiger partial charge in [0.25, 0.3) is 0 Å². The van der Waals surface area contributed by atoms with Crippen LogP contribution in [0.5, 0.6) is 0 Å². The topological polar surface area (TPSA) is 46.5 Å². The third kappa shape index (κ3) is 1.21. The van der Waals surface area contributed by atoms with Crippen LogP contribution in [0.4, 0.5) is 0 Å². The molecule has 5 atom stereocenters. The summed E-state index contributed by atoms with van der Waals surface area (Å²) in [5.41, 5.74) is -1.40. The van der Waals surface area contributed by atoms with Crippen molar-refractivity contribution in [2.75, 3.05) is 7.11 Å². The molecule has 0 amide bonds. The first-order valence-corrected chi connectivity index (χ1v) is 7.39. The third-order valence-corrected chi connectivity index (χ3v) is 6.30. The van der Waals surface area contributed by atoms with Crippen LogP contribution in [0.15, 0.2) is 0 Å². The summed E-state index contributed by atoms with van der Waals surface area (Å²) in [6.45, 7) is 2.17. The van der Waals surface area contributed by atoms with Gasteiger partial charge in [-0.15, -0.1) is 0 Å². The molecule has 18 heavy (non-hydrogen) atoms. The number of ether oxygens (including phenoxy) is 1. The molecule has 0 saturated heterocycles. The van der Waals surface area contributed by atoms with Crippen LogP contribution >= 0.6 is 0 Å². The van der Waals surface area contributed by atoms with Crippen molar-refractivity contribution in [2.24, 2.45) is 23.2 Å². The van der Waals surface area contributed by atoms with Crippen molar-refractivity contribution in [1.82, 2.24) is 0 Å². The van der Waals surface area contributed by atoms with Crippen LogP contribution in [0, 0.1) is 23.2 Å². The Bertz CT molecular complexity index is 367. The highest BCUT2D eigenvalue weighted by molar-refractivity contribution is 5.80. The number of carbonyl (C=O) groups excluding carboxylic acids is 1. The molecule has 0 radical (unpaired) electrons. The molecule has 0 heterocycles. The number of aliphatic hydroxyl groups is 1. The highest BCUT2D eigenvalue weighted by Gasteiger charge is 2.72. The van der Waals surface area contributed by atoms with Crippen LogP contribution in [0.2, 0.25) is 0 Å². The number of carbonyl (C=O) groups is 1. The van der Waals surface area contributed by atoms with E-state index in [0.29, 0.717) is 11.8 Å². The molecular weight excluding hydrogens is 228 g/mol. The second-order valence-electron chi connectivity index (χ2n) is 6.58. The van der Waals surface area contributed by atoms with E-state index >= 15 is 0 Å². The van der Waals surface area contributed by atoms with Crippen LogP contribution in [0.3, 0.4) is 0 Å². The van der Waals surface area contributed by atoms with Gasteiger partial charge in [-0.25, -0.2) is 0 Å². The predicted octanol–water partition coefficient (Wildman–Crippen LogP) is 2.52. The quantitative estimate of drug-likeness (QED) is 0.729. The molecule has 3 nitrogen and oxygen atoms in total. The summed E-state index contributed by atoms with van der Waals surface area (Å²) in [7, 11) is 1.46. The van der Waals surface area contributed by atoms with Crippen molar-refractivity contribution >= 4 is 5.97 Å². The van der Waals surface area contributed by atoms with Gasteiger partial charge in [-0.2, -0.15) is 0 Å². The minimum absolute atomic E-state index is 0.163. The standard InChI is InChI=1S/C15H24O3/c1-10-11-6-3-4-7-12(11)15(17)9-5-8-14(10,15)13(16)18-2/h10-12,17H,3-9H2,1-2H3/t10-,11-,12+,14-,15-/m1/s1. The lowest BCUT2D eigenvalue weighted by Gasteiger charge is -2.39. The van der Waals surface area contributed by atoms with Crippen molar-refractivity contribution in [3.8, 4) is 0 Å². The largest absolute Gasteiger partial charge is 0.468 e. The zero-order valence-electron chi connectivity index (χ0n) is 11.4. The molecular formula is C15H24O3. The molecule has 1 N–H and O–H groups in total. The van der Waals surface area contributed by atoms with Gasteiger partial charge in [0.1, 0.15) is 0 Å². The summed E-state index contributed by atoms with van der Waals surface area (Å²) in [4.78, 5) is 12.4. The first-order valence-electron chi connectivity index (χ1n) is 7.39. The van der Waals surface area contributed by atoms with E-state index in [2.05, 4.69) is 6.92 Å². The molecule has 0 aromatic carbocycles. The molecule has 0 spiro atoms. The van der Waals surface area contributed by atoms with Crippen molar-refractivity contribution in [3.63, 3.8) is 0 Å². The van der Waals surface area contributed by atoms with E-state index in [4.69, 9.17) is 4.74 Å². The summed E-state index contributed by atoms with van der Waals surface area (Å²) >= 11 is 0. The molecule has 3 aliphatic rings. The lowest BCUT2D eigenvalue weighted by Crippen LogP contribution is -2.51. The Morgan fingerprint density at radius 2 is 1.94 bits per heavy atom. The number of hydrogen-bond donors (Lipinski definition) is 1. The smallest absolute Gasteiger partial charge is 0.315 e. The monoisotopic (exact) mass is 252 g/mol. The lowest BCUT2D eigenvalue weighted by molar-refractivity contribution is -0.171. The van der Waals surface area contributed by atoms with E-state index in [0.717, 1.165) is 25.7 Å². The molecule has 0 aromatic rings. The molecule has 102 valence electrons. The van der Waals surface area contributed by atoms with E-state index < -0.39 is 11.0 Å². The van der Waals surface area contributed by atoms with Crippen LogP contribution in [-0.4, -0.2) is 23.8 Å². The second-order valence-corrected chi connectivity index (χ2v) is 6.58. The summed E-state index contributed by atoms with van der Waals surface area (Å²) in [6, 6.07) is 0. The molecule has 0 aromatic heterocycles. The summed E-state index contributed by atoms with van der Waals surface area (Å²) < 4.78 is 5.08. The number of methoxy groups -OCH3 is 1. The Hall–Kier alpha value is -0.570. The zero-order chi connectivity index (χ0) is 13.0. The highest BCUT2D eigenvalue weighted by Crippen LogP contribution is 2.67. The summed E-state index contributed by atoms with van der Waals surface area (Å²) in [5.74, 6) is 0.943. The fraction of sp³-hybridized carbons (Fsp3) is 0.933. The van der Waals surface area contributed by atoms with E-state index in [-0.39, 0.29) is 11.9 Å². The summed E-state index contributed by atoms with van der Waals surface area (Å²) in [5, 5.41) is 11.2. The van der Waals surface area contributed by atoms with Gasteiger partial charge in [0.2, 0.25) is 0 Å². The predicted molar refractivity (Wildman–Crippen MR) is 67.9 cm³/mol. The van der Waals surface area contributed by atoms with Gasteiger partial charge in [0, 0.05) is 0 Å². The van der Waals surface area contributed by atoms with Crippen LogP contribution in [0.25, 0.3) is 0 Å². The lowest BCUT2D eigenvalue weighted by atomic mass is 9.70. The molecule has 3 heteroatoms. The average molecular weight is 252 g/mol. The fourth-order valence-corrected chi connectivity index (χ4v) is 5.58. The van der Waals surface area contributed by atoms with E-state index in [1.54, 1.807) is 0 Å².